The van der Waals surface area contributed by atoms with Crippen LogP contribution >= 0.6 is 0 Å². The van der Waals surface area contributed by atoms with Gasteiger partial charge >= 0.3 is 5.97 Å². The predicted octanol–water partition coefficient (Wildman–Crippen LogP) is 1.43. The summed E-state index contributed by atoms with van der Waals surface area (Å²) < 4.78 is 9.66. The number of ether oxygens (including phenoxy) is 2. The highest BCUT2D eigenvalue weighted by atomic mass is 16.5. The molecule has 1 rings (SSSR count). The van der Waals surface area contributed by atoms with Crippen molar-refractivity contribution in [3.63, 3.8) is 0 Å². The molecule has 4 heteroatoms. The van der Waals surface area contributed by atoms with Gasteiger partial charge in [0.2, 0.25) is 0 Å². The zero-order chi connectivity index (χ0) is 12.2. The molecule has 1 aromatic rings. The summed E-state index contributed by atoms with van der Waals surface area (Å²) in [4.78, 5) is 11.2. The van der Waals surface area contributed by atoms with Gasteiger partial charge in [-0.1, -0.05) is 12.1 Å². The van der Waals surface area contributed by atoms with Gasteiger partial charge in [0, 0.05) is 5.54 Å². The number of hydrogen-bond donors (Lipinski definition) is 1. The minimum Gasteiger partial charge on any atom is -0.497 e. The second-order valence-electron chi connectivity index (χ2n) is 3.90. The van der Waals surface area contributed by atoms with Gasteiger partial charge in [0.25, 0.3) is 0 Å². The Balaban J connectivity index is 2.84. The molecule has 0 aliphatic heterocycles. The molecule has 0 aliphatic rings. The van der Waals surface area contributed by atoms with Crippen LogP contribution in [0.3, 0.4) is 0 Å². The number of carbonyl (C=O) groups is 1. The first-order valence-electron chi connectivity index (χ1n) is 5.00. The van der Waals surface area contributed by atoms with E-state index in [-0.39, 0.29) is 12.4 Å². The van der Waals surface area contributed by atoms with E-state index in [9.17, 15) is 4.79 Å². The number of benzene rings is 1. The molecule has 0 saturated heterocycles. The number of carbonyl (C=O) groups excluding carboxylic acids is 1. The van der Waals surface area contributed by atoms with Gasteiger partial charge in [0.05, 0.1) is 20.6 Å². The van der Waals surface area contributed by atoms with Crippen LogP contribution in [0.15, 0.2) is 24.3 Å². The standard InChI is InChI=1S/C12H17NO3/c1-12(13,8-11(14)16-3)9-4-6-10(15-2)7-5-9/h4-7H,8,13H2,1-3H3/t12-/m0/s1. The minimum atomic E-state index is -0.723. The molecule has 0 radical (unpaired) electrons. The number of esters is 1. The first kappa shape index (κ1) is 12.5. The van der Waals surface area contributed by atoms with Crippen LogP contribution in [-0.2, 0) is 15.1 Å². The zero-order valence-electron chi connectivity index (χ0n) is 9.82. The van der Waals surface area contributed by atoms with Crippen molar-refractivity contribution in [3.05, 3.63) is 29.8 Å². The molecule has 1 aromatic carbocycles. The normalized spacial score (nSPS) is 14.0. The second kappa shape index (κ2) is 4.99. The molecule has 0 saturated carbocycles. The monoisotopic (exact) mass is 223 g/mol. The van der Waals surface area contributed by atoms with Crippen molar-refractivity contribution in [2.24, 2.45) is 5.73 Å². The van der Waals surface area contributed by atoms with Crippen LogP contribution in [0.4, 0.5) is 0 Å². The topological polar surface area (TPSA) is 61.5 Å². The van der Waals surface area contributed by atoms with E-state index < -0.39 is 5.54 Å². The summed E-state index contributed by atoms with van der Waals surface area (Å²) in [5.74, 6) is 0.443. The minimum absolute atomic E-state index is 0.149. The Labute approximate surface area is 95.3 Å². The summed E-state index contributed by atoms with van der Waals surface area (Å²) in [6.45, 7) is 1.80. The fraction of sp³-hybridized carbons (Fsp3) is 0.417. The van der Waals surface area contributed by atoms with E-state index in [1.807, 2.05) is 24.3 Å². The lowest BCUT2D eigenvalue weighted by Crippen LogP contribution is -2.35. The van der Waals surface area contributed by atoms with Gasteiger partial charge in [0.1, 0.15) is 5.75 Å². The number of nitrogens with two attached hydrogens (primary N) is 1. The number of rotatable bonds is 4. The Hall–Kier alpha value is -1.55. The first-order chi connectivity index (χ1) is 7.49. The van der Waals surface area contributed by atoms with Crippen LogP contribution in [0.2, 0.25) is 0 Å². The third-order valence-electron chi connectivity index (χ3n) is 2.49. The van der Waals surface area contributed by atoms with Crippen LogP contribution in [0.25, 0.3) is 0 Å². The van der Waals surface area contributed by atoms with Gasteiger partial charge in [-0.2, -0.15) is 0 Å². The molecule has 0 unspecified atom stereocenters. The van der Waals surface area contributed by atoms with E-state index in [4.69, 9.17) is 10.5 Å². The summed E-state index contributed by atoms with van der Waals surface area (Å²) >= 11 is 0. The van der Waals surface area contributed by atoms with Gasteiger partial charge in [-0.05, 0) is 24.6 Å². The van der Waals surface area contributed by atoms with E-state index in [0.717, 1.165) is 11.3 Å². The molecular weight excluding hydrogens is 206 g/mol. The quantitative estimate of drug-likeness (QED) is 0.784. The Morgan fingerprint density at radius 2 is 1.88 bits per heavy atom. The van der Waals surface area contributed by atoms with E-state index >= 15 is 0 Å². The molecule has 2 N–H and O–H groups in total. The molecule has 0 amide bonds. The van der Waals surface area contributed by atoms with Crippen molar-refractivity contribution in [1.29, 1.82) is 0 Å². The Morgan fingerprint density at radius 3 is 2.31 bits per heavy atom. The van der Waals surface area contributed by atoms with Crippen molar-refractivity contribution in [1.82, 2.24) is 0 Å². The van der Waals surface area contributed by atoms with Gasteiger partial charge in [0.15, 0.2) is 0 Å². The Kier molecular flexibility index (Phi) is 3.90. The van der Waals surface area contributed by atoms with E-state index in [0.29, 0.717) is 0 Å². The van der Waals surface area contributed by atoms with Gasteiger partial charge < -0.3 is 15.2 Å². The highest BCUT2D eigenvalue weighted by Crippen LogP contribution is 2.24. The van der Waals surface area contributed by atoms with E-state index in [1.165, 1.54) is 7.11 Å². The lowest BCUT2D eigenvalue weighted by molar-refractivity contribution is -0.141. The summed E-state index contributed by atoms with van der Waals surface area (Å²) in [5, 5.41) is 0. The Bertz CT molecular complexity index is 357. The average molecular weight is 223 g/mol. The number of methoxy groups -OCH3 is 2. The molecule has 4 nitrogen and oxygen atoms in total. The smallest absolute Gasteiger partial charge is 0.307 e. The van der Waals surface area contributed by atoms with Crippen molar-refractivity contribution < 1.29 is 14.3 Å². The summed E-state index contributed by atoms with van der Waals surface area (Å²) in [5.41, 5.74) is 6.22. The third-order valence-corrected chi connectivity index (χ3v) is 2.49. The van der Waals surface area contributed by atoms with Gasteiger partial charge in [-0.15, -0.1) is 0 Å². The highest BCUT2D eigenvalue weighted by Gasteiger charge is 2.25. The summed E-state index contributed by atoms with van der Waals surface area (Å²) in [6.07, 6.45) is 0.149. The molecule has 0 spiro atoms. The molecule has 0 aliphatic carbocycles. The predicted molar refractivity (Wildman–Crippen MR) is 61.2 cm³/mol. The maximum absolute atomic E-state index is 11.2. The van der Waals surface area contributed by atoms with Gasteiger partial charge in [-0.3, -0.25) is 4.79 Å². The molecule has 0 aromatic heterocycles. The SMILES string of the molecule is COC(=O)C[C@](C)(N)c1ccc(OC)cc1. The average Bonchev–Trinajstić information content (AvgIpc) is 2.28. The van der Waals surface area contributed by atoms with E-state index in [1.54, 1.807) is 14.0 Å². The third kappa shape index (κ3) is 2.97. The maximum atomic E-state index is 11.2. The van der Waals surface area contributed by atoms with Crippen LogP contribution in [0, 0.1) is 0 Å². The van der Waals surface area contributed by atoms with Crippen molar-refractivity contribution in [3.8, 4) is 5.75 Å². The zero-order valence-corrected chi connectivity index (χ0v) is 9.82. The second-order valence-corrected chi connectivity index (χ2v) is 3.90. The van der Waals surface area contributed by atoms with Crippen molar-refractivity contribution in [2.45, 2.75) is 18.9 Å². The van der Waals surface area contributed by atoms with Crippen LogP contribution in [0.1, 0.15) is 18.9 Å². The highest BCUT2D eigenvalue weighted by molar-refractivity contribution is 5.71. The number of hydrogen-bond acceptors (Lipinski definition) is 4. The van der Waals surface area contributed by atoms with Crippen LogP contribution in [0.5, 0.6) is 5.75 Å². The summed E-state index contributed by atoms with van der Waals surface area (Å²) in [7, 11) is 2.96. The molecular formula is C12H17NO3. The largest absolute Gasteiger partial charge is 0.497 e. The van der Waals surface area contributed by atoms with Crippen LogP contribution < -0.4 is 10.5 Å². The van der Waals surface area contributed by atoms with Crippen molar-refractivity contribution >= 4 is 5.97 Å². The molecule has 0 bridgehead atoms. The lowest BCUT2D eigenvalue weighted by Gasteiger charge is -2.23. The van der Waals surface area contributed by atoms with Crippen LogP contribution in [-0.4, -0.2) is 20.2 Å². The molecule has 0 fully saturated rings. The Morgan fingerprint density at radius 1 is 1.31 bits per heavy atom. The van der Waals surface area contributed by atoms with Gasteiger partial charge in [-0.25, -0.2) is 0 Å². The lowest BCUT2D eigenvalue weighted by atomic mass is 9.90. The molecule has 16 heavy (non-hydrogen) atoms. The van der Waals surface area contributed by atoms with Crippen molar-refractivity contribution in [2.75, 3.05) is 14.2 Å². The van der Waals surface area contributed by atoms with E-state index in [2.05, 4.69) is 4.74 Å². The maximum Gasteiger partial charge on any atom is 0.307 e. The fourth-order valence-electron chi connectivity index (χ4n) is 1.45. The first-order valence-corrected chi connectivity index (χ1v) is 5.00. The fourth-order valence-corrected chi connectivity index (χ4v) is 1.45. The molecule has 0 heterocycles. The molecule has 88 valence electrons. The summed E-state index contributed by atoms with van der Waals surface area (Å²) in [6, 6.07) is 7.33. The molecule has 1 atom stereocenters.